The first-order valence-electron chi connectivity index (χ1n) is 11.6. The molecule has 4 rings (SSSR count). The Balaban J connectivity index is 1.14. The molecule has 3 aliphatic rings. The molecule has 1 aromatic rings. The molecule has 1 N–H and O–H groups in total. The van der Waals surface area contributed by atoms with Gasteiger partial charge in [-0.15, -0.1) is 0 Å². The van der Waals surface area contributed by atoms with Gasteiger partial charge < -0.3 is 20.0 Å². The fourth-order valence-corrected chi connectivity index (χ4v) is 4.92. The van der Waals surface area contributed by atoms with Gasteiger partial charge in [0.2, 0.25) is 5.91 Å². The summed E-state index contributed by atoms with van der Waals surface area (Å²) in [5.41, 5.74) is 2.03. The Kier molecular flexibility index (Phi) is 7.10. The highest BCUT2D eigenvalue weighted by molar-refractivity contribution is 5.77. The summed E-state index contributed by atoms with van der Waals surface area (Å²) >= 11 is 0. The first-order chi connectivity index (χ1) is 15.1. The molecule has 2 heterocycles. The van der Waals surface area contributed by atoms with E-state index in [1.54, 1.807) is 12.1 Å². The molecule has 168 valence electrons. The van der Waals surface area contributed by atoms with Gasteiger partial charge in [-0.05, 0) is 50.2 Å². The van der Waals surface area contributed by atoms with Crippen LogP contribution in [0.3, 0.4) is 0 Å². The van der Waals surface area contributed by atoms with Crippen LogP contribution in [0.5, 0.6) is 0 Å². The third kappa shape index (κ3) is 5.38. The Hall–Kier alpha value is -2.57. The number of para-hydroxylation sites is 1. The van der Waals surface area contributed by atoms with Crippen LogP contribution in [0, 0.1) is 11.7 Å². The number of piperazine rings is 1. The van der Waals surface area contributed by atoms with E-state index in [0.717, 1.165) is 25.9 Å². The number of likely N-dealkylation sites (tertiary alicyclic amines) is 1. The summed E-state index contributed by atoms with van der Waals surface area (Å²) < 4.78 is 14.0. The molecule has 3 amide bonds. The number of fused-ring (bicyclic) bond motifs is 1. The number of nitrogens with zero attached hydrogens (tertiary/aromatic N) is 3. The van der Waals surface area contributed by atoms with Crippen molar-refractivity contribution in [1.82, 2.24) is 15.1 Å². The molecule has 7 heteroatoms. The van der Waals surface area contributed by atoms with E-state index >= 15 is 0 Å². The van der Waals surface area contributed by atoms with Crippen molar-refractivity contribution in [3.05, 3.63) is 41.7 Å². The lowest BCUT2D eigenvalue weighted by Gasteiger charge is -2.36. The van der Waals surface area contributed by atoms with E-state index in [0.29, 0.717) is 57.2 Å². The van der Waals surface area contributed by atoms with Crippen molar-refractivity contribution in [2.24, 2.45) is 5.92 Å². The lowest BCUT2D eigenvalue weighted by Crippen LogP contribution is -2.49. The number of amides is 3. The van der Waals surface area contributed by atoms with Gasteiger partial charge >= 0.3 is 6.03 Å². The van der Waals surface area contributed by atoms with Gasteiger partial charge in [-0.1, -0.05) is 23.8 Å². The minimum atomic E-state index is -0.220. The molecule has 2 fully saturated rings. The maximum Gasteiger partial charge on any atom is 0.317 e. The summed E-state index contributed by atoms with van der Waals surface area (Å²) in [4.78, 5) is 30.7. The van der Waals surface area contributed by atoms with Gasteiger partial charge in [0, 0.05) is 52.2 Å². The van der Waals surface area contributed by atoms with Crippen LogP contribution in [0.4, 0.5) is 14.9 Å². The number of hydrogen-bond donors (Lipinski definition) is 1. The van der Waals surface area contributed by atoms with E-state index in [-0.39, 0.29) is 17.8 Å². The van der Waals surface area contributed by atoms with Crippen LogP contribution in [-0.2, 0) is 4.79 Å². The number of carbonyl (C=O) groups is 2. The summed E-state index contributed by atoms with van der Waals surface area (Å²) in [6.45, 7) is 4.55. The average molecular weight is 429 g/mol. The second-order valence-corrected chi connectivity index (χ2v) is 8.77. The molecule has 2 aliphatic heterocycles. The van der Waals surface area contributed by atoms with Gasteiger partial charge in [-0.2, -0.15) is 0 Å². The molecule has 0 bridgehead atoms. The molecule has 0 saturated carbocycles. The Morgan fingerprint density at radius 2 is 1.84 bits per heavy atom. The van der Waals surface area contributed by atoms with Gasteiger partial charge in [-0.3, -0.25) is 4.79 Å². The molecule has 1 unspecified atom stereocenters. The predicted molar refractivity (Wildman–Crippen MR) is 119 cm³/mol. The minimum absolute atomic E-state index is 0.0177. The molecule has 6 nitrogen and oxygen atoms in total. The number of nitrogens with one attached hydrogen (secondary N) is 1. The lowest BCUT2D eigenvalue weighted by molar-refractivity contribution is -0.131. The first-order valence-corrected chi connectivity index (χ1v) is 11.6. The second kappa shape index (κ2) is 10.2. The van der Waals surface area contributed by atoms with Crippen molar-refractivity contribution in [2.45, 2.75) is 38.5 Å². The normalized spacial score (nSPS) is 21.4. The smallest absolute Gasteiger partial charge is 0.317 e. The van der Waals surface area contributed by atoms with E-state index < -0.39 is 0 Å². The van der Waals surface area contributed by atoms with Crippen molar-refractivity contribution >= 4 is 17.6 Å². The topological polar surface area (TPSA) is 55.9 Å². The van der Waals surface area contributed by atoms with Crippen LogP contribution < -0.4 is 10.2 Å². The van der Waals surface area contributed by atoms with Gasteiger partial charge in [0.15, 0.2) is 0 Å². The zero-order valence-electron chi connectivity index (χ0n) is 18.2. The van der Waals surface area contributed by atoms with E-state index in [4.69, 9.17) is 0 Å². The summed E-state index contributed by atoms with van der Waals surface area (Å²) in [5, 5.41) is 2.98. The SMILES string of the molecule is O=C(CCCNC(=O)N1CCC2CCCC=C2C1)N1CCN(c2ccccc2F)CC1. The van der Waals surface area contributed by atoms with Gasteiger partial charge in [0.1, 0.15) is 5.82 Å². The predicted octanol–water partition coefficient (Wildman–Crippen LogP) is 3.40. The van der Waals surface area contributed by atoms with Crippen LogP contribution in [0.2, 0.25) is 0 Å². The number of piperidine rings is 1. The number of anilines is 1. The second-order valence-electron chi connectivity index (χ2n) is 8.77. The van der Waals surface area contributed by atoms with Crippen molar-refractivity contribution in [3.8, 4) is 0 Å². The van der Waals surface area contributed by atoms with Crippen molar-refractivity contribution in [2.75, 3.05) is 50.7 Å². The van der Waals surface area contributed by atoms with Crippen LogP contribution in [-0.4, -0.2) is 67.6 Å². The van der Waals surface area contributed by atoms with E-state index in [1.165, 1.54) is 24.5 Å². The summed E-state index contributed by atoms with van der Waals surface area (Å²) in [6.07, 6.45) is 8.11. The van der Waals surface area contributed by atoms with Gasteiger partial charge in [-0.25, -0.2) is 9.18 Å². The first kappa shape index (κ1) is 21.7. The number of benzene rings is 1. The third-order valence-electron chi connectivity index (χ3n) is 6.76. The highest BCUT2D eigenvalue weighted by Crippen LogP contribution is 2.31. The van der Waals surface area contributed by atoms with Crippen LogP contribution in [0.1, 0.15) is 38.5 Å². The number of urea groups is 1. The van der Waals surface area contributed by atoms with Crippen molar-refractivity contribution in [3.63, 3.8) is 0 Å². The van der Waals surface area contributed by atoms with Gasteiger partial charge in [0.05, 0.1) is 5.69 Å². The molecule has 2 saturated heterocycles. The molecular formula is C24H33FN4O2. The number of halogens is 1. The zero-order chi connectivity index (χ0) is 21.6. The maximum absolute atomic E-state index is 14.0. The monoisotopic (exact) mass is 428 g/mol. The highest BCUT2D eigenvalue weighted by Gasteiger charge is 2.28. The van der Waals surface area contributed by atoms with Crippen molar-refractivity contribution in [1.29, 1.82) is 0 Å². The van der Waals surface area contributed by atoms with Crippen LogP contribution in [0.25, 0.3) is 0 Å². The average Bonchev–Trinajstić information content (AvgIpc) is 2.81. The van der Waals surface area contributed by atoms with E-state index in [2.05, 4.69) is 11.4 Å². The number of carbonyl (C=O) groups excluding carboxylic acids is 2. The number of allylic oxidation sites excluding steroid dienone is 1. The largest absolute Gasteiger partial charge is 0.366 e. The maximum atomic E-state index is 14.0. The quantitative estimate of drug-likeness (QED) is 0.578. The van der Waals surface area contributed by atoms with Crippen molar-refractivity contribution < 1.29 is 14.0 Å². The number of rotatable bonds is 5. The molecule has 1 atom stereocenters. The molecule has 0 aromatic heterocycles. The molecule has 1 aromatic carbocycles. The lowest BCUT2D eigenvalue weighted by atomic mass is 9.82. The molecule has 0 spiro atoms. The Morgan fingerprint density at radius 1 is 1.03 bits per heavy atom. The van der Waals surface area contributed by atoms with Crippen LogP contribution >= 0.6 is 0 Å². The highest BCUT2D eigenvalue weighted by atomic mass is 19.1. The Morgan fingerprint density at radius 3 is 2.65 bits per heavy atom. The standard InChI is InChI=1S/C24H33FN4O2/c25-21-8-3-4-9-22(21)27-14-16-28(17-15-27)23(30)10-5-12-26-24(31)29-13-11-19-6-1-2-7-20(19)18-29/h3-4,7-9,19H,1-2,5-6,10-18H2,(H,26,31). The minimum Gasteiger partial charge on any atom is -0.366 e. The molecule has 31 heavy (non-hydrogen) atoms. The van der Waals surface area contributed by atoms with Crippen LogP contribution in [0.15, 0.2) is 35.9 Å². The fourth-order valence-electron chi connectivity index (χ4n) is 4.92. The fraction of sp³-hybridized carbons (Fsp3) is 0.583. The summed E-state index contributed by atoms with van der Waals surface area (Å²) in [7, 11) is 0. The molecule has 0 radical (unpaired) electrons. The van der Waals surface area contributed by atoms with Gasteiger partial charge in [0.25, 0.3) is 0 Å². The van der Waals surface area contributed by atoms with E-state index in [1.807, 2.05) is 20.8 Å². The molecular weight excluding hydrogens is 395 g/mol. The summed E-state index contributed by atoms with van der Waals surface area (Å²) in [5.74, 6) is 0.562. The number of hydrogen-bond acceptors (Lipinski definition) is 3. The Labute approximate surface area is 184 Å². The van der Waals surface area contributed by atoms with E-state index in [9.17, 15) is 14.0 Å². The molecule has 1 aliphatic carbocycles. The Bertz CT molecular complexity index is 820. The third-order valence-corrected chi connectivity index (χ3v) is 6.76. The zero-order valence-corrected chi connectivity index (χ0v) is 18.2. The summed E-state index contributed by atoms with van der Waals surface area (Å²) in [6, 6.07) is 6.75.